The summed E-state index contributed by atoms with van der Waals surface area (Å²) in [5.41, 5.74) is 0.289. The predicted octanol–water partition coefficient (Wildman–Crippen LogP) is 1.89. The lowest BCUT2D eigenvalue weighted by Crippen LogP contribution is -2.09. The van der Waals surface area contributed by atoms with Gasteiger partial charge in [-0.1, -0.05) is 23.7 Å². The van der Waals surface area contributed by atoms with E-state index in [1.54, 1.807) is 12.1 Å². The Labute approximate surface area is 90.4 Å². The Morgan fingerprint density at radius 3 is 2.47 bits per heavy atom. The Morgan fingerprint density at radius 1 is 1.27 bits per heavy atom. The lowest BCUT2D eigenvalue weighted by atomic mass is 10.1. The summed E-state index contributed by atoms with van der Waals surface area (Å²) in [5, 5.41) is 18.1. The average molecular weight is 227 g/mol. The maximum atomic E-state index is 10.7. The summed E-state index contributed by atoms with van der Waals surface area (Å²) in [5.74, 6) is -3.24. The van der Waals surface area contributed by atoms with E-state index < -0.39 is 17.5 Å². The molecule has 0 aliphatic heterocycles. The van der Waals surface area contributed by atoms with Crippen LogP contribution in [0, 0.1) is 0 Å². The number of halogens is 1. The van der Waals surface area contributed by atoms with Crippen molar-refractivity contribution < 1.29 is 19.8 Å². The first kappa shape index (κ1) is 11.3. The van der Waals surface area contributed by atoms with Gasteiger partial charge in [0.05, 0.1) is 0 Å². The Bertz CT molecular complexity index is 437. The second kappa shape index (κ2) is 4.61. The van der Waals surface area contributed by atoms with Crippen LogP contribution in [0.2, 0.25) is 5.02 Å². The second-order valence-corrected chi connectivity index (χ2v) is 3.15. The van der Waals surface area contributed by atoms with Crippen molar-refractivity contribution >= 4 is 29.1 Å². The highest BCUT2D eigenvalue weighted by Gasteiger charge is 2.10. The van der Waals surface area contributed by atoms with Crippen molar-refractivity contribution in [3.8, 4) is 0 Å². The topological polar surface area (TPSA) is 74.6 Å². The minimum atomic E-state index is -1.62. The zero-order valence-electron chi connectivity index (χ0n) is 7.48. The molecule has 15 heavy (non-hydrogen) atoms. The molecule has 1 rings (SSSR count). The van der Waals surface area contributed by atoms with Crippen LogP contribution >= 0.6 is 11.6 Å². The number of carboxylic acids is 1. The lowest BCUT2D eigenvalue weighted by molar-refractivity contribution is -0.146. The van der Waals surface area contributed by atoms with Gasteiger partial charge in [-0.05, 0) is 12.1 Å². The molecule has 0 bridgehead atoms. The minimum Gasteiger partial charge on any atom is -0.507 e. The van der Waals surface area contributed by atoms with Crippen LogP contribution in [-0.2, 0) is 9.59 Å². The smallest absolute Gasteiger partial charge is 0.376 e. The molecule has 0 aromatic heterocycles. The van der Waals surface area contributed by atoms with Crippen molar-refractivity contribution in [2.75, 3.05) is 0 Å². The zero-order chi connectivity index (χ0) is 11.4. The molecule has 5 heteroatoms. The van der Waals surface area contributed by atoms with E-state index in [1.165, 1.54) is 12.1 Å². The number of carbonyl (C=O) groups excluding carboxylic acids is 1. The normalized spacial score (nSPS) is 11.1. The van der Waals surface area contributed by atoms with E-state index in [-0.39, 0.29) is 5.56 Å². The lowest BCUT2D eigenvalue weighted by Gasteiger charge is -1.99. The van der Waals surface area contributed by atoms with Crippen LogP contribution in [0.4, 0.5) is 0 Å². The van der Waals surface area contributed by atoms with Gasteiger partial charge in [0.25, 0.3) is 5.78 Å². The first-order valence-electron chi connectivity index (χ1n) is 3.94. The standard InChI is InChI=1S/C10H7ClO4/c11-7-3-1-2-6(4-7)8(12)5-9(13)10(14)15/h1-5,12H,(H,14,15). The molecule has 0 unspecified atom stereocenters. The quantitative estimate of drug-likeness (QED) is 0.469. The van der Waals surface area contributed by atoms with Gasteiger partial charge in [0.1, 0.15) is 5.76 Å². The Kier molecular flexibility index (Phi) is 3.46. The molecule has 4 nitrogen and oxygen atoms in total. The molecule has 0 amide bonds. The van der Waals surface area contributed by atoms with Crippen molar-refractivity contribution in [2.45, 2.75) is 0 Å². The number of aliphatic carboxylic acids is 1. The molecule has 0 spiro atoms. The van der Waals surface area contributed by atoms with E-state index in [1.807, 2.05) is 0 Å². The molecule has 0 aliphatic carbocycles. The molecule has 1 aromatic rings. The van der Waals surface area contributed by atoms with Crippen molar-refractivity contribution in [1.29, 1.82) is 0 Å². The van der Waals surface area contributed by atoms with Crippen LogP contribution in [0.25, 0.3) is 5.76 Å². The first-order valence-corrected chi connectivity index (χ1v) is 4.32. The molecule has 1 aromatic carbocycles. The highest BCUT2D eigenvalue weighted by Crippen LogP contribution is 2.16. The molecule has 0 radical (unpaired) electrons. The molecule has 0 atom stereocenters. The van der Waals surface area contributed by atoms with Crippen molar-refractivity contribution in [3.63, 3.8) is 0 Å². The largest absolute Gasteiger partial charge is 0.507 e. The fourth-order valence-corrected chi connectivity index (χ4v) is 1.11. The number of aliphatic hydroxyl groups is 1. The molecule has 0 saturated heterocycles. The monoisotopic (exact) mass is 226 g/mol. The third kappa shape index (κ3) is 3.11. The van der Waals surface area contributed by atoms with Crippen LogP contribution in [-0.4, -0.2) is 22.0 Å². The van der Waals surface area contributed by atoms with E-state index in [4.69, 9.17) is 16.7 Å². The molecule has 78 valence electrons. The third-order valence-corrected chi connectivity index (χ3v) is 1.83. The number of ketones is 1. The van der Waals surface area contributed by atoms with Gasteiger partial charge in [0.15, 0.2) is 0 Å². The van der Waals surface area contributed by atoms with Gasteiger partial charge in [0.2, 0.25) is 0 Å². The van der Waals surface area contributed by atoms with Gasteiger partial charge in [-0.15, -0.1) is 0 Å². The van der Waals surface area contributed by atoms with Gasteiger partial charge < -0.3 is 10.2 Å². The van der Waals surface area contributed by atoms with Crippen molar-refractivity contribution in [3.05, 3.63) is 40.9 Å². The van der Waals surface area contributed by atoms with Crippen LogP contribution in [0.3, 0.4) is 0 Å². The first-order chi connectivity index (χ1) is 7.00. The fraction of sp³-hybridized carbons (Fsp3) is 0. The SMILES string of the molecule is O=C(O)C(=O)C=C(O)c1cccc(Cl)c1. The second-order valence-electron chi connectivity index (χ2n) is 2.71. The van der Waals surface area contributed by atoms with Crippen molar-refractivity contribution in [2.24, 2.45) is 0 Å². The molecule has 2 N–H and O–H groups in total. The average Bonchev–Trinajstić information content (AvgIpc) is 2.17. The van der Waals surface area contributed by atoms with Crippen LogP contribution in [0.5, 0.6) is 0 Å². The Morgan fingerprint density at radius 2 is 1.93 bits per heavy atom. The molecule has 0 fully saturated rings. The number of aliphatic hydroxyl groups excluding tert-OH is 1. The minimum absolute atomic E-state index is 0.289. The number of hydrogen-bond acceptors (Lipinski definition) is 3. The van der Waals surface area contributed by atoms with Gasteiger partial charge >= 0.3 is 5.97 Å². The summed E-state index contributed by atoms with van der Waals surface area (Å²) in [4.78, 5) is 20.9. The van der Waals surface area contributed by atoms with Gasteiger partial charge in [-0.2, -0.15) is 0 Å². The van der Waals surface area contributed by atoms with Gasteiger partial charge in [-0.25, -0.2) is 4.79 Å². The Hall–Kier alpha value is -1.81. The summed E-state index contributed by atoms with van der Waals surface area (Å²) < 4.78 is 0. The van der Waals surface area contributed by atoms with Gasteiger partial charge in [-0.3, -0.25) is 4.79 Å². The summed E-state index contributed by atoms with van der Waals surface area (Å²) in [6.07, 6.45) is 0.633. The maximum absolute atomic E-state index is 10.7. The molecular formula is C10H7ClO4. The van der Waals surface area contributed by atoms with E-state index in [0.717, 1.165) is 0 Å². The number of carboxylic acid groups (broad SMARTS) is 1. The molecule has 0 heterocycles. The fourth-order valence-electron chi connectivity index (χ4n) is 0.917. The van der Waals surface area contributed by atoms with Crippen LogP contribution < -0.4 is 0 Å². The summed E-state index contributed by atoms with van der Waals surface area (Å²) in [6, 6.07) is 6.10. The number of benzene rings is 1. The molecular weight excluding hydrogens is 220 g/mol. The van der Waals surface area contributed by atoms with Crippen LogP contribution in [0.1, 0.15) is 5.56 Å². The highest BCUT2D eigenvalue weighted by molar-refractivity contribution is 6.38. The summed E-state index contributed by atoms with van der Waals surface area (Å²) >= 11 is 5.65. The Balaban J connectivity index is 2.99. The number of rotatable bonds is 3. The van der Waals surface area contributed by atoms with Crippen molar-refractivity contribution in [1.82, 2.24) is 0 Å². The van der Waals surface area contributed by atoms with Crippen LogP contribution in [0.15, 0.2) is 30.3 Å². The van der Waals surface area contributed by atoms with Gasteiger partial charge in [0, 0.05) is 16.7 Å². The number of carbonyl (C=O) groups is 2. The highest BCUT2D eigenvalue weighted by atomic mass is 35.5. The summed E-state index contributed by atoms with van der Waals surface area (Å²) in [6.45, 7) is 0. The van der Waals surface area contributed by atoms with E-state index >= 15 is 0 Å². The predicted molar refractivity (Wildman–Crippen MR) is 54.7 cm³/mol. The number of hydrogen-bond donors (Lipinski definition) is 2. The molecule has 0 saturated carbocycles. The van der Waals surface area contributed by atoms with E-state index in [2.05, 4.69) is 0 Å². The zero-order valence-corrected chi connectivity index (χ0v) is 8.23. The van der Waals surface area contributed by atoms with E-state index in [9.17, 15) is 14.7 Å². The molecule has 0 aliphatic rings. The summed E-state index contributed by atoms with van der Waals surface area (Å²) in [7, 11) is 0. The maximum Gasteiger partial charge on any atom is 0.376 e. The third-order valence-electron chi connectivity index (χ3n) is 1.60. The van der Waals surface area contributed by atoms with E-state index in [0.29, 0.717) is 11.1 Å².